The van der Waals surface area contributed by atoms with Crippen molar-refractivity contribution in [3.8, 4) is 5.75 Å². The van der Waals surface area contributed by atoms with Gasteiger partial charge in [-0.2, -0.15) is 0 Å². The van der Waals surface area contributed by atoms with Crippen LogP contribution in [0.15, 0.2) is 59.8 Å². The molecule has 4 N–H and O–H groups in total. The number of nitrogens with two attached hydrogens (primary N) is 1. The Morgan fingerprint density at radius 2 is 1.69 bits per heavy atom. The summed E-state index contributed by atoms with van der Waals surface area (Å²) in [4.78, 5) is 41.7. The summed E-state index contributed by atoms with van der Waals surface area (Å²) >= 11 is 0. The van der Waals surface area contributed by atoms with E-state index in [0.717, 1.165) is 0 Å². The highest BCUT2D eigenvalue weighted by Gasteiger charge is 2.49. The van der Waals surface area contributed by atoms with Crippen LogP contribution in [-0.4, -0.2) is 41.4 Å². The van der Waals surface area contributed by atoms with E-state index in [2.05, 4.69) is 15.3 Å². The molecule has 0 bridgehead atoms. The molecule has 0 fully saturated rings. The molecule has 0 saturated heterocycles. The first-order chi connectivity index (χ1) is 13.8. The van der Waals surface area contributed by atoms with Crippen LogP contribution in [0.5, 0.6) is 5.75 Å². The molecule has 2 rings (SSSR count). The molecule has 0 aliphatic carbocycles. The molecular weight excluding hydrogens is 378 g/mol. The molecule has 1 amide bonds. The van der Waals surface area contributed by atoms with E-state index in [4.69, 9.17) is 10.5 Å². The molecule has 0 aliphatic rings. The Bertz CT molecular complexity index is 912. The average molecular weight is 399 g/mol. The fourth-order valence-corrected chi connectivity index (χ4v) is 2.46. The number of carboxylic acid groups (broad SMARTS) is 1. The molecule has 0 aromatic heterocycles. The van der Waals surface area contributed by atoms with E-state index in [1.807, 2.05) is 0 Å². The third-order valence-corrected chi connectivity index (χ3v) is 3.95. The van der Waals surface area contributed by atoms with Crippen LogP contribution in [0.1, 0.15) is 29.3 Å². The highest BCUT2D eigenvalue weighted by Crippen LogP contribution is 2.21. The molecular formula is C20H21N3O6. The van der Waals surface area contributed by atoms with E-state index in [0.29, 0.717) is 5.56 Å². The molecule has 1 unspecified atom stereocenters. The van der Waals surface area contributed by atoms with Gasteiger partial charge in [0.2, 0.25) is 5.78 Å². The van der Waals surface area contributed by atoms with Crippen molar-refractivity contribution < 1.29 is 29.1 Å². The van der Waals surface area contributed by atoms with E-state index < -0.39 is 23.4 Å². The van der Waals surface area contributed by atoms with Gasteiger partial charge in [0.1, 0.15) is 12.9 Å². The van der Waals surface area contributed by atoms with Crippen molar-refractivity contribution >= 4 is 23.5 Å². The van der Waals surface area contributed by atoms with Crippen molar-refractivity contribution in [1.29, 1.82) is 0 Å². The summed E-state index contributed by atoms with van der Waals surface area (Å²) in [5, 5.41) is 15.6. The molecule has 0 radical (unpaired) electrons. The average Bonchev–Trinajstić information content (AvgIpc) is 2.73. The number of hydrogen-bond donors (Lipinski definition) is 3. The predicted octanol–water partition coefficient (Wildman–Crippen LogP) is 1.52. The first-order valence-electron chi connectivity index (χ1n) is 8.64. The van der Waals surface area contributed by atoms with E-state index in [1.54, 1.807) is 18.2 Å². The standard InChI is InChI=1S/C20H21N3O6/c1-3-16(24)20(19(26)27,22-18(25)14-7-5-4-6-8-14)29-15-11-9-13(10-12-15)17(21)23-28-2/h4-12H,3H2,1-2H3,(H2,21,23)(H,22,25)(H,26,27). The third kappa shape index (κ3) is 4.89. The number of rotatable bonds is 9. The summed E-state index contributed by atoms with van der Waals surface area (Å²) in [5.41, 5.74) is 3.80. The van der Waals surface area contributed by atoms with Gasteiger partial charge in [-0.15, -0.1) is 0 Å². The Hall–Kier alpha value is -3.88. The number of Topliss-reactive ketones (excluding diaryl/α,β-unsaturated/α-hetero) is 1. The van der Waals surface area contributed by atoms with Crippen molar-refractivity contribution in [2.24, 2.45) is 10.9 Å². The number of oxime groups is 1. The number of ether oxygens (including phenoxy) is 1. The van der Waals surface area contributed by atoms with Crippen LogP contribution in [0.3, 0.4) is 0 Å². The first-order valence-corrected chi connectivity index (χ1v) is 8.64. The van der Waals surface area contributed by atoms with Crippen molar-refractivity contribution in [2.75, 3.05) is 7.11 Å². The third-order valence-electron chi connectivity index (χ3n) is 3.95. The second kappa shape index (κ2) is 9.36. The van der Waals surface area contributed by atoms with Gasteiger partial charge in [-0.3, -0.25) is 14.9 Å². The first kappa shape index (κ1) is 21.4. The fraction of sp³-hybridized carbons (Fsp3) is 0.200. The lowest BCUT2D eigenvalue weighted by Gasteiger charge is -2.29. The minimum absolute atomic E-state index is 0.0385. The predicted molar refractivity (Wildman–Crippen MR) is 104 cm³/mol. The van der Waals surface area contributed by atoms with E-state index >= 15 is 0 Å². The highest BCUT2D eigenvalue weighted by molar-refractivity contribution is 6.11. The minimum Gasteiger partial charge on any atom is -0.476 e. The number of hydrogen-bond acceptors (Lipinski definition) is 6. The molecule has 0 saturated carbocycles. The van der Waals surface area contributed by atoms with E-state index in [1.165, 1.54) is 50.4 Å². The number of nitrogens with zero attached hydrogens (tertiary/aromatic N) is 1. The van der Waals surface area contributed by atoms with Gasteiger partial charge in [0.25, 0.3) is 5.91 Å². The van der Waals surface area contributed by atoms with E-state index in [-0.39, 0.29) is 23.6 Å². The zero-order chi connectivity index (χ0) is 21.4. The van der Waals surface area contributed by atoms with Gasteiger partial charge < -0.3 is 20.4 Å². The lowest BCUT2D eigenvalue weighted by Crippen LogP contribution is -2.64. The lowest BCUT2D eigenvalue weighted by molar-refractivity contribution is -0.164. The van der Waals surface area contributed by atoms with Crippen molar-refractivity contribution in [1.82, 2.24) is 5.32 Å². The molecule has 9 heteroatoms. The van der Waals surface area contributed by atoms with Gasteiger partial charge in [-0.05, 0) is 36.4 Å². The summed E-state index contributed by atoms with van der Waals surface area (Å²) in [6.07, 6.45) is -0.174. The van der Waals surface area contributed by atoms with Gasteiger partial charge in [0.05, 0.1) is 0 Å². The minimum atomic E-state index is -2.59. The quantitative estimate of drug-likeness (QED) is 0.191. The SMILES string of the molecule is CCC(=O)C(NC(=O)c1ccccc1)(Oc1ccc(C(N)=NOC)cc1)C(=O)O. The Kier molecular flexibility index (Phi) is 6.91. The molecule has 1 atom stereocenters. The van der Waals surface area contributed by atoms with Crippen LogP contribution in [-0.2, 0) is 14.4 Å². The number of nitrogens with one attached hydrogen (secondary N) is 1. The van der Waals surface area contributed by atoms with Crippen LogP contribution in [0.25, 0.3) is 0 Å². The number of amidine groups is 1. The Morgan fingerprint density at radius 1 is 1.07 bits per heavy atom. The monoisotopic (exact) mass is 399 g/mol. The van der Waals surface area contributed by atoms with Gasteiger partial charge in [-0.1, -0.05) is 30.3 Å². The maximum atomic E-state index is 12.5. The van der Waals surface area contributed by atoms with Gasteiger partial charge in [0.15, 0.2) is 5.84 Å². The Morgan fingerprint density at radius 3 is 2.21 bits per heavy atom. The van der Waals surface area contributed by atoms with Crippen LogP contribution < -0.4 is 15.8 Å². The number of aliphatic carboxylic acids is 1. The number of amides is 1. The van der Waals surface area contributed by atoms with Crippen LogP contribution in [0.2, 0.25) is 0 Å². The zero-order valence-electron chi connectivity index (χ0n) is 15.9. The van der Waals surface area contributed by atoms with Crippen LogP contribution >= 0.6 is 0 Å². The number of carboxylic acids is 1. The van der Waals surface area contributed by atoms with Crippen molar-refractivity contribution in [3.63, 3.8) is 0 Å². The topological polar surface area (TPSA) is 140 Å². The maximum absolute atomic E-state index is 12.5. The van der Waals surface area contributed by atoms with Gasteiger partial charge in [-0.25, -0.2) is 4.79 Å². The van der Waals surface area contributed by atoms with E-state index in [9.17, 15) is 19.5 Å². The Balaban J connectivity index is 2.38. The molecule has 2 aromatic rings. The number of carbonyl (C=O) groups excluding carboxylic acids is 2. The summed E-state index contributed by atoms with van der Waals surface area (Å²) in [6.45, 7) is 1.48. The van der Waals surface area contributed by atoms with Gasteiger partial charge >= 0.3 is 11.7 Å². The van der Waals surface area contributed by atoms with Crippen molar-refractivity contribution in [2.45, 2.75) is 19.1 Å². The highest BCUT2D eigenvalue weighted by atomic mass is 16.6. The smallest absolute Gasteiger partial charge is 0.378 e. The number of benzene rings is 2. The Labute approximate surface area is 167 Å². The summed E-state index contributed by atoms with van der Waals surface area (Å²) in [7, 11) is 1.34. The largest absolute Gasteiger partial charge is 0.476 e. The molecule has 152 valence electrons. The zero-order valence-corrected chi connectivity index (χ0v) is 15.9. The van der Waals surface area contributed by atoms with Gasteiger partial charge in [0, 0.05) is 17.5 Å². The second-order valence-corrected chi connectivity index (χ2v) is 5.87. The number of ketones is 1. The molecule has 29 heavy (non-hydrogen) atoms. The summed E-state index contributed by atoms with van der Waals surface area (Å²) < 4.78 is 5.51. The molecule has 2 aromatic carbocycles. The van der Waals surface area contributed by atoms with Crippen LogP contribution in [0.4, 0.5) is 0 Å². The summed E-state index contributed by atoms with van der Waals surface area (Å²) in [5.74, 6) is -3.08. The molecule has 0 aliphatic heterocycles. The van der Waals surface area contributed by atoms with Crippen LogP contribution in [0, 0.1) is 0 Å². The maximum Gasteiger partial charge on any atom is 0.378 e. The molecule has 0 spiro atoms. The normalized spacial score (nSPS) is 13.1. The fourth-order valence-electron chi connectivity index (χ4n) is 2.46. The molecule has 9 nitrogen and oxygen atoms in total. The molecule has 0 heterocycles. The lowest BCUT2D eigenvalue weighted by atomic mass is 10.0. The van der Waals surface area contributed by atoms with Crippen molar-refractivity contribution in [3.05, 3.63) is 65.7 Å². The second-order valence-electron chi connectivity index (χ2n) is 5.87. The summed E-state index contributed by atoms with van der Waals surface area (Å²) in [6, 6.07) is 13.7. The number of carbonyl (C=O) groups is 3.